The number of nitrogens with zero attached hydrogens (tertiary/aromatic N) is 1. The Balaban J connectivity index is 1.95. The van der Waals surface area contributed by atoms with Crippen LogP contribution in [0.4, 0.5) is 17.1 Å². The fraction of sp³-hybridized carbons (Fsp3) is 0.308. The van der Waals surface area contributed by atoms with E-state index in [-0.39, 0.29) is 24.1 Å². The molecule has 6 nitrogen and oxygen atoms in total. The van der Waals surface area contributed by atoms with E-state index in [4.69, 9.17) is 0 Å². The van der Waals surface area contributed by atoms with Crippen molar-refractivity contribution < 1.29 is 9.72 Å². The van der Waals surface area contributed by atoms with E-state index in [1.807, 2.05) is 0 Å². The van der Waals surface area contributed by atoms with Crippen LogP contribution in [0.1, 0.15) is 18.4 Å². The molecule has 0 radical (unpaired) electrons. The Kier molecular flexibility index (Phi) is 2.70. The molecule has 0 fully saturated rings. The fourth-order valence-corrected chi connectivity index (χ4v) is 2.48. The highest BCUT2D eigenvalue weighted by molar-refractivity contribution is 6.00. The first-order chi connectivity index (χ1) is 9.13. The summed E-state index contributed by atoms with van der Waals surface area (Å²) < 4.78 is 0. The number of fused-ring (bicyclic) bond motifs is 1. The summed E-state index contributed by atoms with van der Waals surface area (Å²) >= 11 is 0. The molecule has 0 bridgehead atoms. The SMILES string of the molecule is O=C1Cc2cc([N+](=O)[O-])c(NC3CC=CC3)cc2N1. The number of hydrogen-bond acceptors (Lipinski definition) is 4. The Morgan fingerprint density at radius 2 is 2.05 bits per heavy atom. The molecule has 98 valence electrons. The molecule has 2 N–H and O–H groups in total. The number of carbonyl (C=O) groups is 1. The largest absolute Gasteiger partial charge is 0.376 e. The van der Waals surface area contributed by atoms with Gasteiger partial charge in [0.15, 0.2) is 0 Å². The molecule has 6 heteroatoms. The standard InChI is InChI=1S/C13H13N3O3/c17-13-6-8-5-12(16(18)19)11(7-10(8)15-13)14-9-3-1-2-4-9/h1-2,5,7,9,14H,3-4,6H2,(H,15,17). The smallest absolute Gasteiger partial charge is 0.292 e. The molecule has 0 aromatic heterocycles. The molecule has 1 heterocycles. The minimum Gasteiger partial charge on any atom is -0.376 e. The maximum absolute atomic E-state index is 11.3. The molecule has 2 aliphatic rings. The molecule has 0 saturated heterocycles. The second-order valence-electron chi connectivity index (χ2n) is 4.79. The van der Waals surface area contributed by atoms with Crippen molar-refractivity contribution in [1.82, 2.24) is 0 Å². The number of carbonyl (C=O) groups excluding carboxylic acids is 1. The number of nitrogens with one attached hydrogen (secondary N) is 2. The van der Waals surface area contributed by atoms with E-state index in [9.17, 15) is 14.9 Å². The van der Waals surface area contributed by atoms with Crippen molar-refractivity contribution in [2.75, 3.05) is 10.6 Å². The van der Waals surface area contributed by atoms with Gasteiger partial charge in [-0.3, -0.25) is 14.9 Å². The van der Waals surface area contributed by atoms with Gasteiger partial charge in [0.2, 0.25) is 5.91 Å². The Bertz CT molecular complexity index is 587. The van der Waals surface area contributed by atoms with Crippen LogP contribution < -0.4 is 10.6 Å². The number of rotatable bonds is 3. The molecule has 1 aliphatic heterocycles. The van der Waals surface area contributed by atoms with Crippen LogP contribution >= 0.6 is 0 Å². The maximum Gasteiger partial charge on any atom is 0.292 e. The Hall–Kier alpha value is -2.37. The molecule has 0 atom stereocenters. The molecule has 1 aliphatic carbocycles. The van der Waals surface area contributed by atoms with Crippen molar-refractivity contribution in [2.24, 2.45) is 0 Å². The third-order valence-corrected chi connectivity index (χ3v) is 3.41. The highest BCUT2D eigenvalue weighted by Crippen LogP contribution is 2.35. The molecule has 19 heavy (non-hydrogen) atoms. The van der Waals surface area contributed by atoms with Gasteiger partial charge < -0.3 is 10.6 Å². The topological polar surface area (TPSA) is 84.3 Å². The van der Waals surface area contributed by atoms with Gasteiger partial charge in [0.1, 0.15) is 5.69 Å². The van der Waals surface area contributed by atoms with Gasteiger partial charge in [0, 0.05) is 17.8 Å². The van der Waals surface area contributed by atoms with Crippen molar-refractivity contribution in [3.05, 3.63) is 40.0 Å². The molecule has 3 rings (SSSR count). The van der Waals surface area contributed by atoms with Crippen molar-refractivity contribution in [3.63, 3.8) is 0 Å². The van der Waals surface area contributed by atoms with Crippen LogP contribution in [-0.2, 0) is 11.2 Å². The van der Waals surface area contributed by atoms with Crippen molar-refractivity contribution in [2.45, 2.75) is 25.3 Å². The predicted octanol–water partition coefficient (Wildman–Crippen LogP) is 2.22. The number of benzene rings is 1. The van der Waals surface area contributed by atoms with Gasteiger partial charge >= 0.3 is 0 Å². The van der Waals surface area contributed by atoms with Crippen LogP contribution in [0.3, 0.4) is 0 Å². The average Bonchev–Trinajstić information content (AvgIpc) is 2.95. The van der Waals surface area contributed by atoms with Crippen LogP contribution in [0.2, 0.25) is 0 Å². The lowest BCUT2D eigenvalue weighted by atomic mass is 10.1. The zero-order valence-corrected chi connectivity index (χ0v) is 10.2. The lowest BCUT2D eigenvalue weighted by molar-refractivity contribution is -0.384. The Morgan fingerprint density at radius 3 is 2.74 bits per heavy atom. The molecule has 0 saturated carbocycles. The molecular weight excluding hydrogens is 246 g/mol. The monoisotopic (exact) mass is 259 g/mol. The summed E-state index contributed by atoms with van der Waals surface area (Å²) in [5.74, 6) is -0.121. The first-order valence-electron chi connectivity index (χ1n) is 6.16. The van der Waals surface area contributed by atoms with E-state index in [0.717, 1.165) is 12.8 Å². The van der Waals surface area contributed by atoms with Crippen molar-refractivity contribution in [3.8, 4) is 0 Å². The molecule has 1 aromatic rings. The van der Waals surface area contributed by atoms with Crippen LogP contribution in [-0.4, -0.2) is 16.9 Å². The first kappa shape index (κ1) is 11.7. The second kappa shape index (κ2) is 4.38. The second-order valence-corrected chi connectivity index (χ2v) is 4.79. The van der Waals surface area contributed by atoms with E-state index < -0.39 is 4.92 Å². The van der Waals surface area contributed by atoms with E-state index in [0.29, 0.717) is 16.9 Å². The highest BCUT2D eigenvalue weighted by atomic mass is 16.6. The number of nitro groups is 1. The summed E-state index contributed by atoms with van der Waals surface area (Å²) in [6.07, 6.45) is 6.04. The zero-order valence-electron chi connectivity index (χ0n) is 10.2. The number of nitro benzene ring substituents is 1. The van der Waals surface area contributed by atoms with Gasteiger partial charge in [0.25, 0.3) is 5.69 Å². The van der Waals surface area contributed by atoms with E-state index >= 15 is 0 Å². The summed E-state index contributed by atoms with van der Waals surface area (Å²) in [5.41, 5.74) is 1.86. The zero-order chi connectivity index (χ0) is 13.4. The summed E-state index contributed by atoms with van der Waals surface area (Å²) in [6, 6.07) is 3.34. The fourth-order valence-electron chi connectivity index (χ4n) is 2.48. The molecule has 1 aromatic carbocycles. The first-order valence-corrected chi connectivity index (χ1v) is 6.16. The molecule has 0 unspecified atom stereocenters. The third kappa shape index (κ3) is 2.16. The molecule has 0 spiro atoms. The minimum absolute atomic E-state index is 0.0298. The lowest BCUT2D eigenvalue weighted by Crippen LogP contribution is -2.16. The van der Waals surface area contributed by atoms with Crippen LogP contribution in [0.15, 0.2) is 24.3 Å². The average molecular weight is 259 g/mol. The van der Waals surface area contributed by atoms with Gasteiger partial charge in [-0.25, -0.2) is 0 Å². The summed E-state index contributed by atoms with van der Waals surface area (Å²) in [6.45, 7) is 0. The van der Waals surface area contributed by atoms with Gasteiger partial charge in [-0.15, -0.1) is 0 Å². The Labute approximate surface area is 109 Å². The molecular formula is C13H13N3O3. The number of hydrogen-bond donors (Lipinski definition) is 2. The van der Waals surface area contributed by atoms with Crippen LogP contribution in [0, 0.1) is 10.1 Å². The van der Waals surface area contributed by atoms with E-state index in [1.165, 1.54) is 6.07 Å². The van der Waals surface area contributed by atoms with Crippen LogP contribution in [0.25, 0.3) is 0 Å². The summed E-state index contributed by atoms with van der Waals surface area (Å²) in [7, 11) is 0. The molecule has 1 amide bonds. The van der Waals surface area contributed by atoms with E-state index in [2.05, 4.69) is 22.8 Å². The van der Waals surface area contributed by atoms with Crippen molar-refractivity contribution in [1.29, 1.82) is 0 Å². The highest BCUT2D eigenvalue weighted by Gasteiger charge is 2.25. The van der Waals surface area contributed by atoms with Crippen LogP contribution in [0.5, 0.6) is 0 Å². The third-order valence-electron chi connectivity index (χ3n) is 3.41. The Morgan fingerprint density at radius 1 is 1.32 bits per heavy atom. The maximum atomic E-state index is 11.3. The minimum atomic E-state index is -0.409. The normalized spacial score (nSPS) is 17.4. The summed E-state index contributed by atoms with van der Waals surface area (Å²) in [4.78, 5) is 22.0. The van der Waals surface area contributed by atoms with Gasteiger partial charge in [-0.2, -0.15) is 0 Å². The number of amides is 1. The van der Waals surface area contributed by atoms with Gasteiger partial charge in [-0.05, 0) is 24.5 Å². The van der Waals surface area contributed by atoms with Crippen molar-refractivity contribution >= 4 is 23.0 Å². The summed E-state index contributed by atoms with van der Waals surface area (Å²) in [5, 5.41) is 17.0. The predicted molar refractivity (Wildman–Crippen MR) is 71.2 cm³/mol. The van der Waals surface area contributed by atoms with Gasteiger partial charge in [0.05, 0.1) is 11.3 Å². The quantitative estimate of drug-likeness (QED) is 0.495. The lowest BCUT2D eigenvalue weighted by Gasteiger charge is -2.14. The van der Waals surface area contributed by atoms with Gasteiger partial charge in [-0.1, -0.05) is 12.2 Å². The number of anilines is 2. The van der Waals surface area contributed by atoms with E-state index in [1.54, 1.807) is 6.07 Å².